The molecule has 8 heteroatoms. The fraction of sp³-hybridized carbons (Fsp3) is 0.250. The predicted octanol–water partition coefficient (Wildman–Crippen LogP) is 5.49. The van der Waals surface area contributed by atoms with Crippen LogP contribution in [0, 0.1) is 6.92 Å². The molecule has 1 aliphatic rings. The van der Waals surface area contributed by atoms with Crippen molar-refractivity contribution in [3.05, 3.63) is 72.8 Å². The molecule has 0 radical (unpaired) electrons. The molecule has 2 aromatic heterocycles. The number of fused-ring (bicyclic) bond motifs is 2. The van der Waals surface area contributed by atoms with E-state index in [4.69, 9.17) is 9.47 Å². The highest BCUT2D eigenvalue weighted by molar-refractivity contribution is 5.95. The minimum absolute atomic E-state index is 0.189. The predicted molar refractivity (Wildman–Crippen MR) is 141 cm³/mol. The second kappa shape index (κ2) is 9.47. The molecule has 1 fully saturated rings. The van der Waals surface area contributed by atoms with Crippen LogP contribution in [0.2, 0.25) is 0 Å². The van der Waals surface area contributed by atoms with Gasteiger partial charge in [0.25, 0.3) is 0 Å². The summed E-state index contributed by atoms with van der Waals surface area (Å²) in [4.78, 5) is 13.4. The summed E-state index contributed by atoms with van der Waals surface area (Å²) < 4.78 is 14.6. The lowest BCUT2D eigenvalue weighted by molar-refractivity contribution is 0.164. The second-order valence-electron chi connectivity index (χ2n) is 9.15. The van der Waals surface area contributed by atoms with Gasteiger partial charge in [0.2, 0.25) is 0 Å². The molecule has 182 valence electrons. The maximum atomic E-state index is 6.40. The topological polar surface area (TPSA) is 86.1 Å². The summed E-state index contributed by atoms with van der Waals surface area (Å²) in [5.74, 6) is 3.08. The van der Waals surface area contributed by atoms with E-state index in [1.165, 1.54) is 0 Å². The number of nitrogens with zero attached hydrogens (tertiary/aromatic N) is 4. The third kappa shape index (κ3) is 4.43. The Morgan fingerprint density at radius 1 is 0.944 bits per heavy atom. The minimum Gasteiger partial charge on any atom is -0.489 e. The van der Waals surface area contributed by atoms with Crippen LogP contribution >= 0.6 is 0 Å². The van der Waals surface area contributed by atoms with Gasteiger partial charge in [-0.2, -0.15) is 0 Å². The molecule has 36 heavy (non-hydrogen) atoms. The Balaban J connectivity index is 1.25. The Bertz CT molecular complexity index is 1540. The molecule has 3 aromatic carbocycles. The molecule has 0 amide bonds. The Kier molecular flexibility index (Phi) is 5.87. The summed E-state index contributed by atoms with van der Waals surface area (Å²) >= 11 is 0. The number of hydrogen-bond acceptors (Lipinski definition) is 7. The average Bonchev–Trinajstić information content (AvgIpc) is 3.26. The number of piperidine rings is 1. The van der Waals surface area contributed by atoms with Gasteiger partial charge in [0.15, 0.2) is 0 Å². The molecule has 0 spiro atoms. The number of ether oxygens (including phenoxy) is 2. The number of nitrogens with one attached hydrogen (secondary N) is 2. The number of imidazole rings is 1. The lowest BCUT2D eigenvalue weighted by atomic mass is 10.1. The zero-order valence-corrected chi connectivity index (χ0v) is 20.4. The van der Waals surface area contributed by atoms with Crippen LogP contribution in [-0.4, -0.2) is 38.7 Å². The van der Waals surface area contributed by atoms with Gasteiger partial charge in [-0.25, -0.2) is 15.0 Å². The van der Waals surface area contributed by atoms with Crippen molar-refractivity contribution in [3.63, 3.8) is 0 Å². The fourth-order valence-electron chi connectivity index (χ4n) is 4.65. The molecule has 0 saturated carbocycles. The van der Waals surface area contributed by atoms with Crippen LogP contribution < -0.4 is 20.1 Å². The van der Waals surface area contributed by atoms with Crippen molar-refractivity contribution in [2.75, 3.05) is 18.4 Å². The van der Waals surface area contributed by atoms with Crippen molar-refractivity contribution < 1.29 is 9.47 Å². The number of hydrogen-bond donors (Lipinski definition) is 2. The zero-order chi connectivity index (χ0) is 24.5. The van der Waals surface area contributed by atoms with E-state index in [9.17, 15) is 0 Å². The third-order valence-corrected chi connectivity index (χ3v) is 6.57. The maximum absolute atomic E-state index is 6.40. The summed E-state index contributed by atoms with van der Waals surface area (Å²) in [5, 5.41) is 7.74. The van der Waals surface area contributed by atoms with Gasteiger partial charge in [-0.15, -0.1) is 0 Å². The summed E-state index contributed by atoms with van der Waals surface area (Å²) in [6, 6.07) is 17.9. The van der Waals surface area contributed by atoms with Gasteiger partial charge in [-0.3, -0.25) is 0 Å². The van der Waals surface area contributed by atoms with Gasteiger partial charge in [-0.1, -0.05) is 6.07 Å². The van der Waals surface area contributed by atoms with Crippen molar-refractivity contribution in [2.24, 2.45) is 7.05 Å². The van der Waals surface area contributed by atoms with Crippen LogP contribution in [0.1, 0.15) is 18.4 Å². The van der Waals surface area contributed by atoms with Crippen molar-refractivity contribution in [1.82, 2.24) is 24.8 Å². The third-order valence-electron chi connectivity index (χ3n) is 6.57. The van der Waals surface area contributed by atoms with E-state index in [0.717, 1.165) is 82.2 Å². The van der Waals surface area contributed by atoms with Crippen molar-refractivity contribution >= 4 is 33.4 Å². The molecule has 3 heterocycles. The standard InChI is InChI=1S/C28H28N6O2/c1-18-14-19(6-9-25(18)36-21-7-8-24-23(15-21)32-17-34(24)2)33-28-27-22(30-16-31-28)4-3-5-26(27)35-20-10-12-29-13-11-20/h3-9,14-17,20,29H,10-13H2,1-2H3,(H,30,31,33). The second-order valence-corrected chi connectivity index (χ2v) is 9.15. The Labute approximate surface area is 209 Å². The summed E-state index contributed by atoms with van der Waals surface area (Å²) in [6.45, 7) is 3.98. The molecular formula is C28H28N6O2. The van der Waals surface area contributed by atoms with Crippen LogP contribution in [0.25, 0.3) is 21.9 Å². The molecule has 1 aliphatic heterocycles. The molecule has 6 rings (SSSR count). The Hall–Kier alpha value is -4.17. The van der Waals surface area contributed by atoms with Gasteiger partial charge in [0.05, 0.1) is 28.3 Å². The molecule has 0 bridgehead atoms. The Morgan fingerprint density at radius 2 is 1.83 bits per heavy atom. The Morgan fingerprint density at radius 3 is 2.69 bits per heavy atom. The SMILES string of the molecule is Cc1cc(Nc2ncnc3cccc(OC4CCNCC4)c23)ccc1Oc1ccc2c(c1)ncn2C. The highest BCUT2D eigenvalue weighted by Gasteiger charge is 2.18. The van der Waals surface area contributed by atoms with Gasteiger partial charge < -0.3 is 24.7 Å². The van der Waals surface area contributed by atoms with E-state index in [1.807, 2.05) is 67.1 Å². The summed E-state index contributed by atoms with van der Waals surface area (Å²) in [6.07, 6.45) is 5.55. The highest BCUT2D eigenvalue weighted by Crippen LogP contribution is 2.34. The van der Waals surface area contributed by atoms with E-state index in [2.05, 4.69) is 31.7 Å². The normalized spacial score (nSPS) is 14.3. The fourth-order valence-corrected chi connectivity index (χ4v) is 4.65. The van der Waals surface area contributed by atoms with Gasteiger partial charge in [0, 0.05) is 18.8 Å². The van der Waals surface area contributed by atoms with Gasteiger partial charge in [-0.05, 0) is 80.9 Å². The highest BCUT2D eigenvalue weighted by atomic mass is 16.5. The quantitative estimate of drug-likeness (QED) is 0.332. The monoisotopic (exact) mass is 480 g/mol. The molecule has 2 N–H and O–H groups in total. The van der Waals surface area contributed by atoms with E-state index in [1.54, 1.807) is 12.7 Å². The van der Waals surface area contributed by atoms with E-state index in [-0.39, 0.29) is 6.10 Å². The number of benzene rings is 3. The van der Waals surface area contributed by atoms with Gasteiger partial charge in [0.1, 0.15) is 35.5 Å². The van der Waals surface area contributed by atoms with Crippen LogP contribution in [0.15, 0.2) is 67.3 Å². The minimum atomic E-state index is 0.189. The van der Waals surface area contributed by atoms with Crippen LogP contribution in [0.3, 0.4) is 0 Å². The maximum Gasteiger partial charge on any atom is 0.145 e. The lowest BCUT2D eigenvalue weighted by Gasteiger charge is -2.24. The van der Waals surface area contributed by atoms with E-state index < -0.39 is 0 Å². The van der Waals surface area contributed by atoms with Gasteiger partial charge >= 0.3 is 0 Å². The first kappa shape index (κ1) is 22.3. The zero-order valence-electron chi connectivity index (χ0n) is 20.4. The molecule has 5 aromatic rings. The van der Waals surface area contributed by atoms with Crippen molar-refractivity contribution in [2.45, 2.75) is 25.9 Å². The molecule has 1 saturated heterocycles. The van der Waals surface area contributed by atoms with E-state index in [0.29, 0.717) is 0 Å². The van der Waals surface area contributed by atoms with Crippen LogP contribution in [0.5, 0.6) is 17.2 Å². The number of aromatic nitrogens is 4. The largest absolute Gasteiger partial charge is 0.489 e. The number of rotatable bonds is 6. The average molecular weight is 481 g/mol. The van der Waals surface area contributed by atoms with Crippen molar-refractivity contribution in [3.8, 4) is 17.2 Å². The lowest BCUT2D eigenvalue weighted by Crippen LogP contribution is -2.34. The number of anilines is 2. The molecule has 8 nitrogen and oxygen atoms in total. The van der Waals surface area contributed by atoms with Crippen molar-refractivity contribution in [1.29, 1.82) is 0 Å². The summed E-state index contributed by atoms with van der Waals surface area (Å²) in [7, 11) is 1.98. The first-order valence-corrected chi connectivity index (χ1v) is 12.2. The van der Waals surface area contributed by atoms with E-state index >= 15 is 0 Å². The van der Waals surface area contributed by atoms with Crippen LogP contribution in [0.4, 0.5) is 11.5 Å². The molecule has 0 atom stereocenters. The molecule has 0 unspecified atom stereocenters. The summed E-state index contributed by atoms with van der Waals surface area (Å²) in [5.41, 5.74) is 4.74. The van der Waals surface area contributed by atoms with Crippen LogP contribution in [-0.2, 0) is 7.05 Å². The first-order valence-electron chi connectivity index (χ1n) is 12.2. The molecular weight excluding hydrogens is 452 g/mol. The number of aryl methyl sites for hydroxylation is 2. The smallest absolute Gasteiger partial charge is 0.145 e. The first-order chi connectivity index (χ1) is 17.6. The molecule has 0 aliphatic carbocycles.